The van der Waals surface area contributed by atoms with E-state index in [0.717, 1.165) is 0 Å². The van der Waals surface area contributed by atoms with Crippen molar-refractivity contribution in [1.29, 1.82) is 0 Å². The molecule has 1 aliphatic heterocycles. The number of nitrogens with zero attached hydrogens (tertiary/aromatic N) is 3. The smallest absolute Gasteiger partial charge is 0.406 e. The molecule has 0 saturated carbocycles. The van der Waals surface area contributed by atoms with Gasteiger partial charge in [-0.1, -0.05) is 0 Å². The van der Waals surface area contributed by atoms with E-state index in [9.17, 15) is 18.0 Å². The molecule has 5 nitrogen and oxygen atoms in total. The van der Waals surface area contributed by atoms with Crippen LogP contribution in [0.15, 0.2) is 36.7 Å². The Bertz CT molecular complexity index is 729. The Morgan fingerprint density at radius 2 is 2.17 bits per heavy atom. The lowest BCUT2D eigenvalue weighted by Gasteiger charge is -2.31. The first-order chi connectivity index (χ1) is 11.3. The van der Waals surface area contributed by atoms with Gasteiger partial charge in [0.05, 0.1) is 0 Å². The number of fused-ring (bicyclic) bond motifs is 1. The van der Waals surface area contributed by atoms with Gasteiger partial charge in [0, 0.05) is 24.6 Å². The van der Waals surface area contributed by atoms with Crippen LogP contribution in [0.25, 0.3) is 0 Å². The van der Waals surface area contributed by atoms with E-state index in [2.05, 4.69) is 9.84 Å². The summed E-state index contributed by atoms with van der Waals surface area (Å²) in [5, 5.41) is 4.07. The molecule has 1 aromatic heterocycles. The summed E-state index contributed by atoms with van der Waals surface area (Å²) in [6, 6.07) is 5.33. The molecule has 0 saturated heterocycles. The van der Waals surface area contributed by atoms with Gasteiger partial charge in [-0.05, 0) is 49.6 Å². The first-order valence-corrected chi connectivity index (χ1v) is 7.54. The quantitative estimate of drug-likeness (QED) is 0.862. The first kappa shape index (κ1) is 16.4. The number of alkyl halides is 3. The molecule has 0 fully saturated rings. The minimum atomic E-state index is -4.73. The van der Waals surface area contributed by atoms with Gasteiger partial charge in [0.25, 0.3) is 5.91 Å². The van der Waals surface area contributed by atoms with E-state index in [4.69, 9.17) is 0 Å². The maximum absolute atomic E-state index is 12.7. The number of rotatable bonds is 3. The highest BCUT2D eigenvalue weighted by atomic mass is 19.4. The number of anilines is 1. The van der Waals surface area contributed by atoms with Gasteiger partial charge < -0.3 is 9.64 Å². The van der Waals surface area contributed by atoms with Crippen molar-refractivity contribution in [3.8, 4) is 5.75 Å². The average molecular weight is 339 g/mol. The van der Waals surface area contributed by atoms with Crippen LogP contribution >= 0.6 is 0 Å². The molecule has 0 aliphatic carbocycles. The number of carbonyl (C=O) groups excluding carboxylic acids is 1. The molecule has 24 heavy (non-hydrogen) atoms. The third-order valence-corrected chi connectivity index (χ3v) is 3.95. The van der Waals surface area contributed by atoms with Crippen molar-refractivity contribution in [3.63, 3.8) is 0 Å². The van der Waals surface area contributed by atoms with Crippen LogP contribution < -0.4 is 9.64 Å². The van der Waals surface area contributed by atoms with Gasteiger partial charge in [-0.3, -0.25) is 9.48 Å². The highest BCUT2D eigenvalue weighted by Gasteiger charge is 2.32. The molecule has 0 spiro atoms. The lowest BCUT2D eigenvalue weighted by atomic mass is 10.0. The molecule has 0 N–H and O–H groups in total. The van der Waals surface area contributed by atoms with Crippen molar-refractivity contribution < 1.29 is 22.7 Å². The van der Waals surface area contributed by atoms with Gasteiger partial charge in [0.2, 0.25) is 0 Å². The number of aryl methyl sites for hydroxylation is 1. The average Bonchev–Trinajstić information content (AvgIpc) is 3.05. The van der Waals surface area contributed by atoms with Crippen LogP contribution in [-0.4, -0.2) is 28.6 Å². The van der Waals surface area contributed by atoms with Crippen molar-refractivity contribution in [2.45, 2.75) is 32.2 Å². The summed E-state index contributed by atoms with van der Waals surface area (Å²) in [4.78, 5) is 14.3. The number of hydrogen-bond acceptors (Lipinski definition) is 3. The van der Waals surface area contributed by atoms with Crippen LogP contribution in [0.3, 0.4) is 0 Å². The first-order valence-electron chi connectivity index (χ1n) is 7.54. The Hall–Kier alpha value is -2.51. The molecule has 1 unspecified atom stereocenters. The van der Waals surface area contributed by atoms with Crippen molar-refractivity contribution >= 4 is 11.6 Å². The van der Waals surface area contributed by atoms with Crippen molar-refractivity contribution in [3.05, 3.63) is 42.2 Å². The SMILES string of the molecule is CC(C(=O)N1CCCc2cc(OC(F)(F)F)ccc21)n1cccn1. The second-order valence-corrected chi connectivity index (χ2v) is 5.59. The maximum Gasteiger partial charge on any atom is 0.573 e. The molecule has 1 atom stereocenters. The topological polar surface area (TPSA) is 47.4 Å². The fourth-order valence-corrected chi connectivity index (χ4v) is 2.85. The number of halogens is 3. The zero-order valence-electron chi connectivity index (χ0n) is 13.0. The Balaban J connectivity index is 1.85. The monoisotopic (exact) mass is 339 g/mol. The number of benzene rings is 1. The highest BCUT2D eigenvalue weighted by Crippen LogP contribution is 2.33. The van der Waals surface area contributed by atoms with Crippen LogP contribution in [0.5, 0.6) is 5.75 Å². The molecule has 1 aromatic carbocycles. The summed E-state index contributed by atoms with van der Waals surface area (Å²) in [6.45, 7) is 2.27. The van der Waals surface area contributed by atoms with E-state index in [0.29, 0.717) is 30.6 Å². The van der Waals surface area contributed by atoms with Gasteiger partial charge in [-0.2, -0.15) is 5.10 Å². The number of carbonyl (C=O) groups is 1. The minimum absolute atomic E-state index is 0.149. The van der Waals surface area contributed by atoms with Gasteiger partial charge in [0.1, 0.15) is 11.8 Å². The predicted molar refractivity (Wildman–Crippen MR) is 80.7 cm³/mol. The lowest BCUT2D eigenvalue weighted by Crippen LogP contribution is -2.39. The molecule has 3 rings (SSSR count). The van der Waals surface area contributed by atoms with Crippen molar-refractivity contribution in [2.24, 2.45) is 0 Å². The molecular formula is C16H16F3N3O2. The van der Waals surface area contributed by atoms with Gasteiger partial charge in [0.15, 0.2) is 0 Å². The van der Waals surface area contributed by atoms with Crippen LogP contribution in [0.1, 0.15) is 24.9 Å². The minimum Gasteiger partial charge on any atom is -0.406 e. The van der Waals surface area contributed by atoms with Crippen LogP contribution in [-0.2, 0) is 11.2 Å². The maximum atomic E-state index is 12.7. The number of aromatic nitrogens is 2. The molecule has 2 aromatic rings. The van der Waals surface area contributed by atoms with E-state index >= 15 is 0 Å². The van der Waals surface area contributed by atoms with E-state index in [1.165, 1.54) is 18.2 Å². The fraction of sp³-hybridized carbons (Fsp3) is 0.375. The molecule has 1 aliphatic rings. The van der Waals surface area contributed by atoms with Crippen molar-refractivity contribution in [1.82, 2.24) is 9.78 Å². The third-order valence-electron chi connectivity index (χ3n) is 3.95. The predicted octanol–water partition coefficient (Wildman–Crippen LogP) is 3.32. The largest absolute Gasteiger partial charge is 0.573 e. The van der Waals surface area contributed by atoms with Gasteiger partial charge in [-0.15, -0.1) is 13.2 Å². The van der Waals surface area contributed by atoms with Gasteiger partial charge >= 0.3 is 6.36 Å². The van der Waals surface area contributed by atoms with Crippen LogP contribution in [0.4, 0.5) is 18.9 Å². The zero-order valence-corrected chi connectivity index (χ0v) is 13.0. The highest BCUT2D eigenvalue weighted by molar-refractivity contribution is 5.97. The molecule has 8 heteroatoms. The van der Waals surface area contributed by atoms with E-state index in [1.807, 2.05) is 0 Å². The summed E-state index contributed by atoms with van der Waals surface area (Å²) >= 11 is 0. The van der Waals surface area contributed by atoms with E-state index in [1.54, 1.807) is 35.0 Å². The lowest BCUT2D eigenvalue weighted by molar-refractivity contribution is -0.274. The number of amides is 1. The summed E-state index contributed by atoms with van der Waals surface area (Å²) in [5.74, 6) is -0.417. The van der Waals surface area contributed by atoms with E-state index < -0.39 is 12.4 Å². The van der Waals surface area contributed by atoms with E-state index in [-0.39, 0.29) is 11.7 Å². The normalized spacial score (nSPS) is 15.8. The molecule has 0 radical (unpaired) electrons. The molecule has 0 bridgehead atoms. The summed E-state index contributed by atoms with van der Waals surface area (Å²) in [5.41, 5.74) is 1.30. The Kier molecular flexibility index (Phi) is 4.21. The second-order valence-electron chi connectivity index (χ2n) is 5.59. The van der Waals surface area contributed by atoms with Gasteiger partial charge in [-0.25, -0.2) is 0 Å². The Labute approximate surface area is 136 Å². The molecule has 1 amide bonds. The van der Waals surface area contributed by atoms with Crippen molar-refractivity contribution in [2.75, 3.05) is 11.4 Å². The third kappa shape index (κ3) is 3.37. The van der Waals surface area contributed by atoms with Crippen LogP contribution in [0.2, 0.25) is 0 Å². The molecule has 2 heterocycles. The Morgan fingerprint density at radius 1 is 1.38 bits per heavy atom. The summed E-state index contributed by atoms with van der Waals surface area (Å²) < 4.78 is 42.5. The standard InChI is InChI=1S/C16H16F3N3O2/c1-11(22-9-3-7-20-22)15(23)21-8-2-4-12-10-13(5-6-14(12)21)24-16(17,18)19/h3,5-7,9-11H,2,4,8H2,1H3. The summed E-state index contributed by atoms with van der Waals surface area (Å²) in [7, 11) is 0. The second kappa shape index (κ2) is 6.18. The summed E-state index contributed by atoms with van der Waals surface area (Å²) in [6.07, 6.45) is -0.153. The zero-order chi connectivity index (χ0) is 17.3. The molecular weight excluding hydrogens is 323 g/mol. The number of ether oxygens (including phenoxy) is 1. The fourth-order valence-electron chi connectivity index (χ4n) is 2.85. The number of hydrogen-bond donors (Lipinski definition) is 0. The van der Waals surface area contributed by atoms with Crippen LogP contribution in [0, 0.1) is 0 Å². The Morgan fingerprint density at radius 3 is 2.83 bits per heavy atom. The molecule has 128 valence electrons.